The fourth-order valence-electron chi connectivity index (χ4n) is 2.22. The average molecular weight is 291 g/mol. The first-order chi connectivity index (χ1) is 10.1. The predicted octanol–water partition coefficient (Wildman–Crippen LogP) is 1.86. The molecule has 0 aliphatic rings. The van der Waals surface area contributed by atoms with Crippen LogP contribution in [-0.4, -0.2) is 29.9 Å². The van der Waals surface area contributed by atoms with Crippen molar-refractivity contribution < 1.29 is 24.6 Å². The summed E-state index contributed by atoms with van der Waals surface area (Å²) in [4.78, 5) is 16.1. The van der Waals surface area contributed by atoms with E-state index in [2.05, 4.69) is 9.57 Å². The number of phenols is 2. The maximum absolute atomic E-state index is 11.6. The molecule has 112 valence electrons. The molecule has 2 aromatic carbocycles. The van der Waals surface area contributed by atoms with Crippen LogP contribution in [0.4, 0.5) is 0 Å². The number of phenolic OH excluding ortho intramolecular Hbond substituents is 2. The van der Waals surface area contributed by atoms with Gasteiger partial charge in [-0.15, -0.1) is 0 Å². The smallest absolute Gasteiger partial charge is 0.341 e. The maximum atomic E-state index is 11.6. The molecule has 0 radical (unpaired) electrons. The fraction of sp³-hybridized carbons (Fsp3) is 0.267. The Balaban J connectivity index is 2.48. The molecule has 2 rings (SSSR count). The number of fused-ring (bicyclic) bond motifs is 1. The zero-order valence-electron chi connectivity index (χ0n) is 11.6. The Morgan fingerprint density at radius 3 is 2.67 bits per heavy atom. The third kappa shape index (κ3) is 3.07. The number of carbonyl (C=O) groups excluding carboxylic acids is 1. The second-order valence-corrected chi connectivity index (χ2v) is 4.64. The summed E-state index contributed by atoms with van der Waals surface area (Å²) in [6, 6.07) is 6.47. The van der Waals surface area contributed by atoms with Crippen molar-refractivity contribution in [2.45, 2.75) is 12.8 Å². The summed E-state index contributed by atoms with van der Waals surface area (Å²) in [5.74, 6) is 3.98. The Kier molecular flexibility index (Phi) is 4.62. The van der Waals surface area contributed by atoms with Crippen LogP contribution in [-0.2, 0) is 16.0 Å². The number of rotatable bonds is 5. The van der Waals surface area contributed by atoms with E-state index in [0.29, 0.717) is 23.8 Å². The first-order valence-corrected chi connectivity index (χ1v) is 6.46. The lowest BCUT2D eigenvalue weighted by molar-refractivity contribution is 0.0597. The number of carbonyl (C=O) groups is 1. The molecule has 0 fully saturated rings. The summed E-state index contributed by atoms with van der Waals surface area (Å²) in [6.07, 6.45) is 1.43. The summed E-state index contributed by atoms with van der Waals surface area (Å²) < 4.78 is 4.59. The number of aryl methyl sites for hydroxylation is 1. The van der Waals surface area contributed by atoms with Gasteiger partial charge in [-0.2, -0.15) is 0 Å². The first-order valence-electron chi connectivity index (χ1n) is 6.46. The number of nitrogens with two attached hydrogens (primary N) is 1. The number of ether oxygens (including phenoxy) is 1. The molecule has 21 heavy (non-hydrogen) atoms. The average Bonchev–Trinajstić information content (AvgIpc) is 2.50. The van der Waals surface area contributed by atoms with Gasteiger partial charge in [0.15, 0.2) is 0 Å². The van der Waals surface area contributed by atoms with Gasteiger partial charge >= 0.3 is 5.97 Å². The summed E-state index contributed by atoms with van der Waals surface area (Å²) >= 11 is 0. The molecule has 0 atom stereocenters. The van der Waals surface area contributed by atoms with Gasteiger partial charge in [0.1, 0.15) is 17.1 Å². The summed E-state index contributed by atoms with van der Waals surface area (Å²) in [6.45, 7) is 0.428. The number of hydrogen-bond donors (Lipinski definition) is 3. The topological polar surface area (TPSA) is 102 Å². The lowest BCUT2D eigenvalue weighted by Gasteiger charge is -2.10. The number of hydrogen-bond acceptors (Lipinski definition) is 6. The van der Waals surface area contributed by atoms with E-state index < -0.39 is 5.97 Å². The Hall–Kier alpha value is -2.31. The van der Waals surface area contributed by atoms with Crippen molar-refractivity contribution in [1.82, 2.24) is 0 Å². The molecule has 6 nitrogen and oxygen atoms in total. The van der Waals surface area contributed by atoms with Gasteiger partial charge in [0.2, 0.25) is 0 Å². The van der Waals surface area contributed by atoms with Gasteiger partial charge in [-0.05, 0) is 30.5 Å². The molecule has 0 aliphatic heterocycles. The highest BCUT2D eigenvalue weighted by Crippen LogP contribution is 2.36. The molecule has 2 aromatic rings. The Bertz CT molecular complexity index is 669. The SMILES string of the molecule is COC(=O)c1cc(O)c2ccc(CCCON)cc2c1O. The largest absolute Gasteiger partial charge is 0.507 e. The summed E-state index contributed by atoms with van der Waals surface area (Å²) in [7, 11) is 1.21. The molecule has 6 heteroatoms. The normalized spacial score (nSPS) is 10.8. The van der Waals surface area contributed by atoms with Crippen molar-refractivity contribution in [2.75, 3.05) is 13.7 Å². The lowest BCUT2D eigenvalue weighted by Crippen LogP contribution is -2.03. The van der Waals surface area contributed by atoms with Gasteiger partial charge in [-0.3, -0.25) is 0 Å². The maximum Gasteiger partial charge on any atom is 0.341 e. The fourth-order valence-corrected chi connectivity index (χ4v) is 2.22. The molecule has 0 saturated heterocycles. The molecule has 0 saturated carbocycles. The van der Waals surface area contributed by atoms with E-state index >= 15 is 0 Å². The van der Waals surface area contributed by atoms with Crippen LogP contribution in [0.15, 0.2) is 24.3 Å². The molecule has 0 amide bonds. The van der Waals surface area contributed by atoms with E-state index in [-0.39, 0.29) is 17.1 Å². The Labute approximate surface area is 121 Å². The first kappa shape index (κ1) is 15.1. The van der Waals surface area contributed by atoms with Gasteiger partial charge in [0, 0.05) is 10.8 Å². The molecule has 0 heterocycles. The lowest BCUT2D eigenvalue weighted by atomic mass is 10.00. The van der Waals surface area contributed by atoms with Crippen LogP contribution in [0.25, 0.3) is 10.8 Å². The van der Waals surface area contributed by atoms with Crippen molar-refractivity contribution in [1.29, 1.82) is 0 Å². The van der Waals surface area contributed by atoms with E-state index in [1.807, 2.05) is 6.07 Å². The molecule has 0 aliphatic carbocycles. The van der Waals surface area contributed by atoms with Crippen LogP contribution in [0.5, 0.6) is 11.5 Å². The second-order valence-electron chi connectivity index (χ2n) is 4.64. The van der Waals surface area contributed by atoms with E-state index in [4.69, 9.17) is 5.90 Å². The monoisotopic (exact) mass is 291 g/mol. The zero-order chi connectivity index (χ0) is 15.4. The minimum absolute atomic E-state index is 0.0649. The van der Waals surface area contributed by atoms with Gasteiger partial charge in [-0.25, -0.2) is 10.7 Å². The van der Waals surface area contributed by atoms with E-state index in [0.717, 1.165) is 12.0 Å². The third-order valence-corrected chi connectivity index (χ3v) is 3.28. The van der Waals surface area contributed by atoms with Crippen LogP contribution in [0.3, 0.4) is 0 Å². The number of benzene rings is 2. The van der Waals surface area contributed by atoms with Crippen molar-refractivity contribution in [3.8, 4) is 11.5 Å². The van der Waals surface area contributed by atoms with Crippen molar-refractivity contribution in [3.05, 3.63) is 35.4 Å². The molecule has 0 unspecified atom stereocenters. The minimum atomic E-state index is -0.702. The quantitative estimate of drug-likeness (QED) is 0.336. The van der Waals surface area contributed by atoms with Gasteiger partial charge in [0.05, 0.1) is 13.7 Å². The molecule has 0 aromatic heterocycles. The summed E-state index contributed by atoms with van der Waals surface area (Å²) in [5.41, 5.74) is 0.876. The van der Waals surface area contributed by atoms with Gasteiger partial charge in [-0.1, -0.05) is 12.1 Å². The third-order valence-electron chi connectivity index (χ3n) is 3.28. The highest BCUT2D eigenvalue weighted by molar-refractivity contribution is 6.03. The Morgan fingerprint density at radius 1 is 1.24 bits per heavy atom. The van der Waals surface area contributed by atoms with Crippen LogP contribution in [0.2, 0.25) is 0 Å². The van der Waals surface area contributed by atoms with Crippen molar-refractivity contribution in [3.63, 3.8) is 0 Å². The van der Waals surface area contributed by atoms with Crippen LogP contribution < -0.4 is 5.90 Å². The van der Waals surface area contributed by atoms with E-state index in [1.54, 1.807) is 12.1 Å². The molecule has 0 spiro atoms. The molecular formula is C15H17NO5. The number of aromatic hydroxyl groups is 2. The van der Waals surface area contributed by atoms with Gasteiger partial charge < -0.3 is 19.8 Å². The van der Waals surface area contributed by atoms with Crippen LogP contribution in [0, 0.1) is 0 Å². The number of methoxy groups -OCH3 is 1. The predicted molar refractivity (Wildman–Crippen MR) is 77.1 cm³/mol. The van der Waals surface area contributed by atoms with Gasteiger partial charge in [0.25, 0.3) is 0 Å². The van der Waals surface area contributed by atoms with Crippen molar-refractivity contribution in [2.24, 2.45) is 5.90 Å². The molecule has 4 N–H and O–H groups in total. The van der Waals surface area contributed by atoms with E-state index in [1.165, 1.54) is 13.2 Å². The minimum Gasteiger partial charge on any atom is -0.507 e. The number of esters is 1. The second kappa shape index (κ2) is 6.43. The zero-order valence-corrected chi connectivity index (χ0v) is 11.6. The van der Waals surface area contributed by atoms with Crippen LogP contribution in [0.1, 0.15) is 22.3 Å². The highest BCUT2D eigenvalue weighted by Gasteiger charge is 2.17. The van der Waals surface area contributed by atoms with Crippen LogP contribution >= 0.6 is 0 Å². The Morgan fingerprint density at radius 2 is 2.00 bits per heavy atom. The molecular weight excluding hydrogens is 274 g/mol. The standard InChI is InChI=1S/C15H17NO5/c1-20-15(19)12-8-13(17)10-5-4-9(3-2-6-21-16)7-11(10)14(12)18/h4-5,7-8,17-18H,2-3,6,16H2,1H3. The highest BCUT2D eigenvalue weighted by atomic mass is 16.6. The molecule has 0 bridgehead atoms. The van der Waals surface area contributed by atoms with Crippen molar-refractivity contribution >= 4 is 16.7 Å². The summed E-state index contributed by atoms with van der Waals surface area (Å²) in [5, 5.41) is 21.1. The van der Waals surface area contributed by atoms with E-state index in [9.17, 15) is 15.0 Å².